The van der Waals surface area contributed by atoms with Gasteiger partial charge in [0.1, 0.15) is 0 Å². The summed E-state index contributed by atoms with van der Waals surface area (Å²) in [6, 6.07) is 0. The summed E-state index contributed by atoms with van der Waals surface area (Å²) >= 11 is 0. The number of carbonyl (C=O) groups is 9. The fraction of sp³-hybridized carbons (Fsp3) is 0.267. The fourth-order valence-corrected chi connectivity index (χ4v) is 4.10. The van der Waals surface area contributed by atoms with Crippen LogP contribution in [0.25, 0.3) is 0 Å². The Labute approximate surface area is 177 Å². The number of rotatable bonds is 9. The van der Waals surface area contributed by atoms with E-state index < -0.39 is 87.0 Å². The van der Waals surface area contributed by atoms with Crippen molar-refractivity contribution in [3.8, 4) is 0 Å². The molecule has 0 saturated carbocycles. The zero-order valence-electron chi connectivity index (χ0n) is 15.3. The van der Waals surface area contributed by atoms with Crippen LogP contribution in [0, 0.1) is 21.7 Å². The van der Waals surface area contributed by atoms with Crippen molar-refractivity contribution in [1.29, 1.82) is 0 Å². The molecule has 0 bridgehead atoms. The molecular formula is C15H10O18. The second-order valence-corrected chi connectivity index (χ2v) is 6.36. The lowest BCUT2D eigenvalue weighted by Crippen LogP contribution is -2.81. The van der Waals surface area contributed by atoms with Crippen molar-refractivity contribution in [1.82, 2.24) is 0 Å². The Morgan fingerprint density at radius 1 is 0.455 bits per heavy atom. The first-order valence-electron chi connectivity index (χ1n) is 7.68. The van der Waals surface area contributed by atoms with Crippen LogP contribution >= 0.6 is 0 Å². The Morgan fingerprint density at radius 3 is 0.939 bits per heavy atom. The molecule has 1 aliphatic rings. The molecule has 0 unspecified atom stereocenters. The van der Waals surface area contributed by atoms with Crippen LogP contribution in [0.15, 0.2) is 11.6 Å². The van der Waals surface area contributed by atoms with Crippen LogP contribution in [0.5, 0.6) is 0 Å². The van der Waals surface area contributed by atoms with Crippen molar-refractivity contribution in [3.05, 3.63) is 11.6 Å². The van der Waals surface area contributed by atoms with Gasteiger partial charge < -0.3 is 46.0 Å². The van der Waals surface area contributed by atoms with E-state index in [0.717, 1.165) is 0 Å². The minimum absolute atomic E-state index is 0.922. The van der Waals surface area contributed by atoms with E-state index in [1.54, 1.807) is 0 Å². The summed E-state index contributed by atoms with van der Waals surface area (Å²) in [5.74, 6) is -29.7. The SMILES string of the molecule is O=C(O)C1=CC(C(=O)O)(C(=O)O)C(C(=O)O)(C(=O)O)C(C(=O)O)(C(=O)O)C1(C(=O)O)C(=O)O. The number of hydrogen-bond donors (Lipinski definition) is 9. The first-order chi connectivity index (χ1) is 14.8. The van der Waals surface area contributed by atoms with E-state index in [1.807, 2.05) is 0 Å². The van der Waals surface area contributed by atoms with Gasteiger partial charge in [0, 0.05) is 0 Å². The molecule has 178 valence electrons. The summed E-state index contributed by atoms with van der Waals surface area (Å²) in [5, 5.41) is 86.2. The molecule has 18 nitrogen and oxygen atoms in total. The maximum atomic E-state index is 12.2. The zero-order chi connectivity index (χ0) is 26.5. The van der Waals surface area contributed by atoms with Gasteiger partial charge in [0.2, 0.25) is 21.7 Å². The molecular weight excluding hydrogens is 468 g/mol. The van der Waals surface area contributed by atoms with Crippen LogP contribution in [-0.2, 0) is 43.2 Å². The predicted molar refractivity (Wildman–Crippen MR) is 86.5 cm³/mol. The minimum Gasteiger partial charge on any atom is -0.480 e. The lowest BCUT2D eigenvalue weighted by molar-refractivity contribution is -0.232. The summed E-state index contributed by atoms with van der Waals surface area (Å²) in [5.41, 5.74) is -23.5. The standard InChI is InChI=1S/C15H10O18/c16-3(17)2-1-12(4(18)19,5(20)21)14(8(26)27,9(28)29)15(10(30)31,11(32)33)13(2,6(22)23)7(24)25/h1H,(H,16,17)(H,18,19)(H,20,21)(H,22,23)(H,24,25)(H,26,27)(H,28,29)(H,30,31)(H,32,33). The molecule has 33 heavy (non-hydrogen) atoms. The lowest BCUT2D eigenvalue weighted by Gasteiger charge is -2.53. The molecule has 0 aromatic heterocycles. The maximum absolute atomic E-state index is 12.2. The predicted octanol–water partition coefficient (Wildman–Crippen LogP) is -3.37. The van der Waals surface area contributed by atoms with E-state index in [2.05, 4.69) is 0 Å². The average molecular weight is 478 g/mol. The Hall–Kier alpha value is -5.03. The molecule has 0 atom stereocenters. The Bertz CT molecular complexity index is 1030. The monoisotopic (exact) mass is 478 g/mol. The van der Waals surface area contributed by atoms with Gasteiger partial charge in [0.25, 0.3) is 0 Å². The summed E-state index contributed by atoms with van der Waals surface area (Å²) in [7, 11) is 0. The molecule has 0 amide bonds. The Kier molecular flexibility index (Phi) is 5.74. The van der Waals surface area contributed by atoms with Crippen molar-refractivity contribution >= 4 is 53.7 Å². The molecule has 0 spiro atoms. The first-order valence-corrected chi connectivity index (χ1v) is 7.68. The van der Waals surface area contributed by atoms with Crippen LogP contribution in [0.4, 0.5) is 0 Å². The molecule has 9 N–H and O–H groups in total. The van der Waals surface area contributed by atoms with E-state index in [9.17, 15) is 89.1 Å². The molecule has 0 aromatic carbocycles. The lowest BCUT2D eigenvalue weighted by atomic mass is 9.37. The molecule has 0 fully saturated rings. The molecule has 1 aliphatic carbocycles. The van der Waals surface area contributed by atoms with Crippen molar-refractivity contribution in [2.45, 2.75) is 0 Å². The van der Waals surface area contributed by atoms with Gasteiger partial charge in [0.15, 0.2) is 0 Å². The van der Waals surface area contributed by atoms with Gasteiger partial charge in [-0.3, -0.25) is 38.4 Å². The first kappa shape index (κ1) is 26.0. The van der Waals surface area contributed by atoms with Gasteiger partial charge in [-0.1, -0.05) is 0 Å². The van der Waals surface area contributed by atoms with Crippen molar-refractivity contribution in [3.63, 3.8) is 0 Å². The quantitative estimate of drug-likeness (QED) is 0.146. The van der Waals surface area contributed by atoms with E-state index in [1.165, 1.54) is 0 Å². The molecule has 0 heterocycles. The van der Waals surface area contributed by atoms with Crippen molar-refractivity contribution in [2.75, 3.05) is 0 Å². The highest BCUT2D eigenvalue weighted by Gasteiger charge is 2.95. The van der Waals surface area contributed by atoms with Crippen LogP contribution in [0.3, 0.4) is 0 Å². The number of carboxylic acid groups (broad SMARTS) is 9. The third kappa shape index (κ3) is 2.33. The highest BCUT2D eigenvalue weighted by atomic mass is 16.4. The maximum Gasteiger partial charge on any atom is 0.333 e. The third-order valence-corrected chi connectivity index (χ3v) is 5.31. The molecule has 0 saturated heterocycles. The van der Waals surface area contributed by atoms with Crippen molar-refractivity contribution < 1.29 is 89.1 Å². The van der Waals surface area contributed by atoms with Gasteiger partial charge in [-0.05, 0) is 6.08 Å². The molecule has 1 rings (SSSR count). The molecule has 0 radical (unpaired) electrons. The average Bonchev–Trinajstić information content (AvgIpc) is 2.63. The van der Waals surface area contributed by atoms with Gasteiger partial charge >= 0.3 is 53.7 Å². The van der Waals surface area contributed by atoms with Crippen LogP contribution < -0.4 is 0 Å². The van der Waals surface area contributed by atoms with E-state index in [-0.39, 0.29) is 0 Å². The highest BCUT2D eigenvalue weighted by Crippen LogP contribution is 2.67. The van der Waals surface area contributed by atoms with Gasteiger partial charge in [0.05, 0.1) is 5.57 Å². The summed E-state index contributed by atoms with van der Waals surface area (Å²) in [6.07, 6.45) is -0.922. The Morgan fingerprint density at radius 2 is 0.758 bits per heavy atom. The summed E-state index contributed by atoms with van der Waals surface area (Å²) in [4.78, 5) is 109. The number of hydrogen-bond acceptors (Lipinski definition) is 9. The molecule has 0 aliphatic heterocycles. The highest BCUT2D eigenvalue weighted by molar-refractivity contribution is 6.29. The van der Waals surface area contributed by atoms with E-state index in [4.69, 9.17) is 0 Å². The third-order valence-electron chi connectivity index (χ3n) is 5.31. The second kappa shape index (κ2) is 7.28. The summed E-state index contributed by atoms with van der Waals surface area (Å²) < 4.78 is 0. The van der Waals surface area contributed by atoms with Gasteiger partial charge in [-0.2, -0.15) is 0 Å². The number of aliphatic carboxylic acids is 9. The van der Waals surface area contributed by atoms with Gasteiger partial charge in [-0.15, -0.1) is 0 Å². The largest absolute Gasteiger partial charge is 0.480 e. The van der Waals surface area contributed by atoms with Crippen LogP contribution in [0.2, 0.25) is 0 Å². The van der Waals surface area contributed by atoms with E-state index >= 15 is 0 Å². The zero-order valence-corrected chi connectivity index (χ0v) is 15.3. The smallest absolute Gasteiger partial charge is 0.333 e. The number of carboxylic acids is 9. The van der Waals surface area contributed by atoms with Gasteiger partial charge in [-0.25, -0.2) is 4.79 Å². The normalized spacial score (nSPS) is 19.2. The fourth-order valence-electron chi connectivity index (χ4n) is 4.10. The van der Waals surface area contributed by atoms with E-state index in [0.29, 0.717) is 0 Å². The molecule has 0 aromatic rings. The van der Waals surface area contributed by atoms with Crippen LogP contribution in [-0.4, -0.2) is 99.7 Å². The second-order valence-electron chi connectivity index (χ2n) is 6.36. The molecule has 18 heteroatoms. The topological polar surface area (TPSA) is 336 Å². The Balaban J connectivity index is 5.17. The van der Waals surface area contributed by atoms with Crippen molar-refractivity contribution in [2.24, 2.45) is 21.7 Å². The summed E-state index contributed by atoms with van der Waals surface area (Å²) in [6.45, 7) is 0. The van der Waals surface area contributed by atoms with Crippen LogP contribution in [0.1, 0.15) is 0 Å². The minimum atomic E-state index is -5.53.